The van der Waals surface area contributed by atoms with Crippen molar-refractivity contribution < 1.29 is 14.3 Å². The van der Waals surface area contributed by atoms with Crippen LogP contribution in [-0.2, 0) is 20.8 Å². The number of nitrogens with zero attached hydrogens (tertiary/aromatic N) is 2. The van der Waals surface area contributed by atoms with E-state index in [1.807, 2.05) is 13.8 Å². The Morgan fingerprint density at radius 3 is 3.06 bits per heavy atom. The van der Waals surface area contributed by atoms with Gasteiger partial charge in [0, 0.05) is 19.2 Å². The lowest BCUT2D eigenvalue weighted by atomic mass is 10.4. The summed E-state index contributed by atoms with van der Waals surface area (Å²) in [4.78, 5) is 10.8. The van der Waals surface area contributed by atoms with Crippen molar-refractivity contribution in [1.29, 1.82) is 0 Å². The summed E-state index contributed by atoms with van der Waals surface area (Å²) in [6, 6.07) is 1.75. The molecule has 0 bridgehead atoms. The highest BCUT2D eigenvalue weighted by atomic mass is 16.7. The molecule has 2 heterocycles. The van der Waals surface area contributed by atoms with Gasteiger partial charge in [-0.1, -0.05) is 0 Å². The predicted octanol–water partition coefficient (Wildman–Crippen LogP) is 0.993. The Morgan fingerprint density at radius 1 is 1.71 bits per heavy atom. The zero-order chi connectivity index (χ0) is 12.5. The van der Waals surface area contributed by atoms with E-state index >= 15 is 0 Å². The second kappa shape index (κ2) is 4.46. The molecule has 0 saturated carbocycles. The van der Waals surface area contributed by atoms with Crippen molar-refractivity contribution in [1.82, 2.24) is 9.78 Å². The molecule has 2 rings (SSSR count). The molecule has 1 fully saturated rings. The van der Waals surface area contributed by atoms with Gasteiger partial charge in [-0.3, -0.25) is 9.48 Å². The number of anilines is 1. The minimum atomic E-state index is -0.516. The van der Waals surface area contributed by atoms with Gasteiger partial charge in [-0.05, 0) is 13.8 Å². The Morgan fingerprint density at radius 2 is 2.47 bits per heavy atom. The van der Waals surface area contributed by atoms with Gasteiger partial charge in [-0.25, -0.2) is 0 Å². The smallest absolute Gasteiger partial charge is 0.222 e. The van der Waals surface area contributed by atoms with Crippen molar-refractivity contribution in [3.8, 4) is 0 Å². The van der Waals surface area contributed by atoms with Gasteiger partial charge in [0.2, 0.25) is 5.91 Å². The minimum absolute atomic E-state index is 0.00456. The minimum Gasteiger partial charge on any atom is -0.348 e. The Hall–Kier alpha value is -1.40. The zero-order valence-electron chi connectivity index (χ0n) is 10.3. The molecule has 1 aromatic rings. The van der Waals surface area contributed by atoms with Crippen molar-refractivity contribution in [3.05, 3.63) is 12.3 Å². The SMILES string of the molecule is CC(=O)Nc1ccn(C[C@@H]2COC(C)(C)O2)n1. The molecule has 0 spiro atoms. The molecule has 0 aliphatic carbocycles. The second-order valence-corrected chi connectivity index (χ2v) is 4.55. The number of carbonyl (C=O) groups excluding carboxylic acids is 1. The van der Waals surface area contributed by atoms with E-state index in [1.165, 1.54) is 6.92 Å². The summed E-state index contributed by atoms with van der Waals surface area (Å²) in [5, 5.41) is 6.83. The van der Waals surface area contributed by atoms with Crippen molar-refractivity contribution in [2.75, 3.05) is 11.9 Å². The lowest BCUT2D eigenvalue weighted by Crippen LogP contribution is -2.24. The van der Waals surface area contributed by atoms with E-state index in [4.69, 9.17) is 9.47 Å². The van der Waals surface area contributed by atoms with Crippen LogP contribution in [0.1, 0.15) is 20.8 Å². The summed E-state index contributed by atoms with van der Waals surface area (Å²) in [5.74, 6) is -0.0920. The van der Waals surface area contributed by atoms with E-state index in [9.17, 15) is 4.79 Å². The molecular weight excluding hydrogens is 222 g/mol. The summed E-state index contributed by atoms with van der Waals surface area (Å²) in [6.45, 7) is 6.40. The van der Waals surface area contributed by atoms with Crippen LogP contribution in [0, 0.1) is 0 Å². The maximum Gasteiger partial charge on any atom is 0.222 e. The third-order valence-corrected chi connectivity index (χ3v) is 2.40. The molecule has 1 saturated heterocycles. The first kappa shape index (κ1) is 12.1. The highest BCUT2D eigenvalue weighted by Gasteiger charge is 2.32. The monoisotopic (exact) mass is 239 g/mol. The standard InChI is InChI=1S/C11H17N3O3/c1-8(15)12-10-4-5-14(13-10)6-9-7-16-11(2,3)17-9/h4-5,9H,6-7H2,1-3H3,(H,12,13,15)/t9-/m1/s1. The first-order valence-corrected chi connectivity index (χ1v) is 5.57. The van der Waals surface area contributed by atoms with Crippen molar-refractivity contribution in [3.63, 3.8) is 0 Å². The third-order valence-electron chi connectivity index (χ3n) is 2.40. The van der Waals surface area contributed by atoms with Gasteiger partial charge in [-0.2, -0.15) is 5.10 Å². The fourth-order valence-electron chi connectivity index (χ4n) is 1.77. The molecule has 1 aliphatic rings. The highest BCUT2D eigenvalue weighted by molar-refractivity contribution is 5.87. The third kappa shape index (κ3) is 3.28. The number of ether oxygens (including phenoxy) is 2. The molecule has 1 aliphatic heterocycles. The molecule has 6 nitrogen and oxygen atoms in total. The molecule has 1 amide bonds. The van der Waals surface area contributed by atoms with Gasteiger partial charge >= 0.3 is 0 Å². The summed E-state index contributed by atoms with van der Waals surface area (Å²) in [7, 11) is 0. The molecule has 1 aromatic heterocycles. The van der Waals surface area contributed by atoms with Gasteiger partial charge < -0.3 is 14.8 Å². The molecule has 0 aromatic carbocycles. The Bertz CT molecular complexity index is 414. The lowest BCUT2D eigenvalue weighted by molar-refractivity contribution is -0.139. The van der Waals surface area contributed by atoms with Crippen molar-refractivity contribution in [2.45, 2.75) is 39.2 Å². The fraction of sp³-hybridized carbons (Fsp3) is 0.636. The van der Waals surface area contributed by atoms with Crippen LogP contribution in [0.4, 0.5) is 5.82 Å². The van der Waals surface area contributed by atoms with Crippen LogP contribution in [0.5, 0.6) is 0 Å². The molecule has 0 unspecified atom stereocenters. The second-order valence-electron chi connectivity index (χ2n) is 4.55. The summed E-state index contributed by atoms with van der Waals surface area (Å²) < 4.78 is 12.9. The van der Waals surface area contributed by atoms with Crippen LogP contribution in [0.25, 0.3) is 0 Å². The number of nitrogens with one attached hydrogen (secondary N) is 1. The van der Waals surface area contributed by atoms with E-state index in [0.717, 1.165) is 0 Å². The highest BCUT2D eigenvalue weighted by Crippen LogP contribution is 2.23. The number of rotatable bonds is 3. The average molecular weight is 239 g/mol. The Labute approximate surface area is 99.9 Å². The lowest BCUT2D eigenvalue weighted by Gasteiger charge is -2.16. The number of amides is 1. The molecule has 17 heavy (non-hydrogen) atoms. The maximum absolute atomic E-state index is 10.8. The largest absolute Gasteiger partial charge is 0.348 e. The van der Waals surface area contributed by atoms with Crippen LogP contribution in [0.15, 0.2) is 12.3 Å². The van der Waals surface area contributed by atoms with Gasteiger partial charge in [0.15, 0.2) is 11.6 Å². The van der Waals surface area contributed by atoms with Gasteiger partial charge in [0.1, 0.15) is 6.10 Å². The van der Waals surface area contributed by atoms with Crippen LogP contribution >= 0.6 is 0 Å². The first-order valence-electron chi connectivity index (χ1n) is 5.57. The summed E-state index contributed by atoms with van der Waals surface area (Å²) in [5.41, 5.74) is 0. The quantitative estimate of drug-likeness (QED) is 0.854. The normalized spacial score (nSPS) is 22.6. The van der Waals surface area contributed by atoms with Crippen LogP contribution in [0.2, 0.25) is 0 Å². The predicted molar refractivity (Wildman–Crippen MR) is 61.4 cm³/mol. The van der Waals surface area contributed by atoms with E-state index in [-0.39, 0.29) is 12.0 Å². The van der Waals surface area contributed by atoms with Gasteiger partial charge in [-0.15, -0.1) is 0 Å². The summed E-state index contributed by atoms with van der Waals surface area (Å²) >= 11 is 0. The van der Waals surface area contributed by atoms with E-state index < -0.39 is 5.79 Å². The zero-order valence-corrected chi connectivity index (χ0v) is 10.3. The molecule has 0 radical (unpaired) electrons. The van der Waals surface area contributed by atoms with Crippen LogP contribution < -0.4 is 5.32 Å². The molecular formula is C11H17N3O3. The number of carbonyl (C=O) groups is 1. The van der Waals surface area contributed by atoms with Gasteiger partial charge in [0.25, 0.3) is 0 Å². The van der Waals surface area contributed by atoms with Gasteiger partial charge in [0.05, 0.1) is 13.2 Å². The molecule has 94 valence electrons. The molecule has 6 heteroatoms. The number of hydrogen-bond donors (Lipinski definition) is 1. The Balaban J connectivity index is 1.91. The van der Waals surface area contributed by atoms with Crippen molar-refractivity contribution in [2.24, 2.45) is 0 Å². The summed E-state index contributed by atoms with van der Waals surface area (Å²) in [6.07, 6.45) is 1.80. The number of aromatic nitrogens is 2. The van der Waals surface area contributed by atoms with E-state index in [2.05, 4.69) is 10.4 Å². The van der Waals surface area contributed by atoms with Crippen LogP contribution in [-0.4, -0.2) is 34.2 Å². The topological polar surface area (TPSA) is 65.4 Å². The maximum atomic E-state index is 10.8. The van der Waals surface area contributed by atoms with Crippen LogP contribution in [0.3, 0.4) is 0 Å². The molecule has 1 N–H and O–H groups in total. The Kier molecular flexibility index (Phi) is 3.17. The van der Waals surface area contributed by atoms with Crippen molar-refractivity contribution >= 4 is 11.7 Å². The van der Waals surface area contributed by atoms with E-state index in [0.29, 0.717) is 19.0 Å². The number of hydrogen-bond acceptors (Lipinski definition) is 4. The van der Waals surface area contributed by atoms with E-state index in [1.54, 1.807) is 16.9 Å². The fourth-order valence-corrected chi connectivity index (χ4v) is 1.77. The first-order chi connectivity index (χ1) is 7.94. The molecule has 1 atom stereocenters. The average Bonchev–Trinajstić information content (AvgIpc) is 2.73.